The molecular weight excluding hydrogens is 366 g/mol. The van der Waals surface area contributed by atoms with E-state index in [1.165, 1.54) is 6.07 Å². The molecule has 1 aromatic rings. The van der Waals surface area contributed by atoms with Crippen molar-refractivity contribution in [3.05, 3.63) is 32.3 Å². The molecule has 0 spiro atoms. The van der Waals surface area contributed by atoms with E-state index < -0.39 is 4.92 Å². The van der Waals surface area contributed by atoms with Crippen molar-refractivity contribution in [3.63, 3.8) is 0 Å². The zero-order chi connectivity index (χ0) is 13.7. The molecule has 0 amide bonds. The summed E-state index contributed by atoms with van der Waals surface area (Å²) in [5, 5.41) is 11.8. The van der Waals surface area contributed by atoms with E-state index in [-0.39, 0.29) is 5.69 Å². The van der Waals surface area contributed by atoms with Gasteiger partial charge >= 0.3 is 5.69 Å². The first-order valence-corrected chi connectivity index (χ1v) is 7.54. The molecule has 0 aromatic heterocycles. The lowest BCUT2D eigenvalue weighted by Crippen LogP contribution is -2.13. The van der Waals surface area contributed by atoms with Crippen LogP contribution in [0.3, 0.4) is 0 Å². The van der Waals surface area contributed by atoms with Crippen LogP contribution in [0.4, 0.5) is 5.69 Å². The van der Waals surface area contributed by atoms with E-state index in [4.69, 9.17) is 4.74 Å². The second-order valence-corrected chi connectivity index (χ2v) is 5.63. The van der Waals surface area contributed by atoms with Gasteiger partial charge in [-0.3, -0.25) is 10.1 Å². The Morgan fingerprint density at radius 1 is 1.50 bits per heavy atom. The molecule has 0 N–H and O–H groups in total. The molecule has 0 radical (unpaired) electrons. The average molecular weight is 381 g/mol. The monoisotopic (exact) mass is 379 g/mol. The zero-order valence-corrected chi connectivity index (χ0v) is 13.5. The van der Waals surface area contributed by atoms with Crippen LogP contribution in [0.15, 0.2) is 16.6 Å². The van der Waals surface area contributed by atoms with E-state index in [0.29, 0.717) is 22.7 Å². The summed E-state index contributed by atoms with van der Waals surface area (Å²) in [7, 11) is 0. The molecule has 1 atom stereocenters. The number of benzene rings is 1. The van der Waals surface area contributed by atoms with E-state index >= 15 is 0 Å². The molecule has 4 nitrogen and oxygen atoms in total. The molecule has 0 aliphatic carbocycles. The highest BCUT2D eigenvalue weighted by Crippen LogP contribution is 2.34. The van der Waals surface area contributed by atoms with Crippen LogP contribution in [0.25, 0.3) is 0 Å². The van der Waals surface area contributed by atoms with Crippen molar-refractivity contribution in [2.24, 2.45) is 5.92 Å². The summed E-state index contributed by atoms with van der Waals surface area (Å²) < 4.78 is 6.32. The Balaban J connectivity index is 2.96. The molecule has 0 saturated heterocycles. The fourth-order valence-electron chi connectivity index (χ4n) is 1.51. The number of nitro benzene ring substituents is 1. The lowest BCUT2D eigenvalue weighted by atomic mass is 10.1. The number of ether oxygens (including phenoxy) is 1. The number of rotatable bonds is 6. The Hall–Kier alpha value is -0.620. The fraction of sp³-hybridized carbons (Fsp3) is 0.500. The van der Waals surface area contributed by atoms with Crippen molar-refractivity contribution < 1.29 is 9.66 Å². The van der Waals surface area contributed by atoms with Crippen LogP contribution in [0.1, 0.15) is 18.9 Å². The molecule has 0 aliphatic heterocycles. The number of alkyl halides is 1. The van der Waals surface area contributed by atoms with Gasteiger partial charge in [0.25, 0.3) is 0 Å². The minimum atomic E-state index is -0.415. The lowest BCUT2D eigenvalue weighted by molar-refractivity contribution is -0.386. The summed E-state index contributed by atoms with van der Waals surface area (Å²) in [6.07, 6.45) is 0.967. The minimum absolute atomic E-state index is 0.00583. The van der Waals surface area contributed by atoms with Crippen LogP contribution < -0.4 is 4.74 Å². The number of hydrogen-bond donors (Lipinski definition) is 0. The van der Waals surface area contributed by atoms with E-state index in [1.807, 2.05) is 13.0 Å². The number of halogens is 2. The number of aryl methyl sites for hydroxylation is 1. The van der Waals surface area contributed by atoms with Crippen molar-refractivity contribution >= 4 is 37.5 Å². The second kappa shape index (κ2) is 7.09. The first kappa shape index (κ1) is 15.4. The zero-order valence-electron chi connectivity index (χ0n) is 10.3. The lowest BCUT2D eigenvalue weighted by Gasteiger charge is -2.14. The maximum absolute atomic E-state index is 11.0. The number of nitrogens with zero attached hydrogens (tertiary/aromatic N) is 1. The van der Waals surface area contributed by atoms with Crippen LogP contribution in [0.2, 0.25) is 0 Å². The van der Waals surface area contributed by atoms with Gasteiger partial charge < -0.3 is 4.74 Å². The van der Waals surface area contributed by atoms with Gasteiger partial charge in [0, 0.05) is 21.8 Å². The van der Waals surface area contributed by atoms with E-state index in [0.717, 1.165) is 17.3 Å². The normalized spacial score (nSPS) is 12.2. The second-order valence-electron chi connectivity index (χ2n) is 4.07. The van der Waals surface area contributed by atoms with Gasteiger partial charge in [-0.2, -0.15) is 0 Å². The largest absolute Gasteiger partial charge is 0.486 e. The van der Waals surface area contributed by atoms with Gasteiger partial charge in [0.05, 0.1) is 11.5 Å². The molecule has 100 valence electrons. The fourth-order valence-corrected chi connectivity index (χ4v) is 2.71. The van der Waals surface area contributed by atoms with Crippen molar-refractivity contribution in [1.82, 2.24) is 0 Å². The molecule has 0 saturated carbocycles. The summed E-state index contributed by atoms with van der Waals surface area (Å²) >= 11 is 6.66. The van der Waals surface area contributed by atoms with Crippen LogP contribution in [0, 0.1) is 23.0 Å². The van der Waals surface area contributed by atoms with Crippen LogP contribution in [-0.4, -0.2) is 16.9 Å². The number of hydrogen-bond acceptors (Lipinski definition) is 3. The minimum Gasteiger partial charge on any atom is -0.486 e. The van der Waals surface area contributed by atoms with E-state index in [9.17, 15) is 10.1 Å². The van der Waals surface area contributed by atoms with E-state index in [1.54, 1.807) is 0 Å². The van der Waals surface area contributed by atoms with Crippen LogP contribution in [-0.2, 0) is 0 Å². The average Bonchev–Trinajstić information content (AvgIpc) is 2.31. The third kappa shape index (κ3) is 3.95. The van der Waals surface area contributed by atoms with Gasteiger partial charge in [-0.1, -0.05) is 38.8 Å². The molecule has 1 aromatic carbocycles. The maximum atomic E-state index is 11.0. The van der Waals surface area contributed by atoms with Gasteiger partial charge in [-0.05, 0) is 25.0 Å². The summed E-state index contributed by atoms with van der Waals surface area (Å²) in [6.45, 7) is 4.35. The molecule has 0 bridgehead atoms. The third-order valence-corrected chi connectivity index (χ3v) is 4.05. The topological polar surface area (TPSA) is 52.4 Å². The SMILES string of the molecule is CCC(CBr)COc1c(C)cc(Br)cc1[N+](=O)[O-]. The molecular formula is C12H15Br2NO3. The van der Waals surface area contributed by atoms with Gasteiger partial charge in [-0.25, -0.2) is 0 Å². The Bertz CT molecular complexity index is 434. The Morgan fingerprint density at radius 2 is 2.17 bits per heavy atom. The van der Waals surface area contributed by atoms with Crippen molar-refractivity contribution in [1.29, 1.82) is 0 Å². The summed E-state index contributed by atoms with van der Waals surface area (Å²) in [6, 6.07) is 3.29. The molecule has 1 unspecified atom stereocenters. The predicted molar refractivity (Wildman–Crippen MR) is 78.6 cm³/mol. The predicted octanol–water partition coefficient (Wildman–Crippen LogP) is 4.47. The first-order chi connectivity index (χ1) is 8.49. The third-order valence-electron chi connectivity index (χ3n) is 2.68. The quantitative estimate of drug-likeness (QED) is 0.415. The van der Waals surface area contributed by atoms with Gasteiger partial charge in [0.2, 0.25) is 0 Å². The van der Waals surface area contributed by atoms with Crippen molar-refractivity contribution in [2.75, 3.05) is 11.9 Å². The Labute approximate surface area is 123 Å². The highest BCUT2D eigenvalue weighted by Gasteiger charge is 2.19. The molecule has 0 aliphatic rings. The highest BCUT2D eigenvalue weighted by atomic mass is 79.9. The first-order valence-electron chi connectivity index (χ1n) is 5.62. The summed E-state index contributed by atoms with van der Waals surface area (Å²) in [5.74, 6) is 0.718. The van der Waals surface area contributed by atoms with Gasteiger partial charge in [-0.15, -0.1) is 0 Å². The van der Waals surface area contributed by atoms with Gasteiger partial charge in [0.15, 0.2) is 5.75 Å². The van der Waals surface area contributed by atoms with Crippen LogP contribution in [0.5, 0.6) is 5.75 Å². The standard InChI is InChI=1S/C12H15Br2NO3/c1-3-9(6-13)7-18-12-8(2)4-10(14)5-11(12)15(16)17/h4-5,9H,3,6-7H2,1-2H3. The highest BCUT2D eigenvalue weighted by molar-refractivity contribution is 9.10. The molecule has 18 heavy (non-hydrogen) atoms. The van der Waals surface area contributed by atoms with E-state index in [2.05, 4.69) is 38.8 Å². The van der Waals surface area contributed by atoms with Gasteiger partial charge in [0.1, 0.15) is 0 Å². The molecule has 0 fully saturated rings. The maximum Gasteiger partial charge on any atom is 0.312 e. The smallest absolute Gasteiger partial charge is 0.312 e. The van der Waals surface area contributed by atoms with Crippen LogP contribution >= 0.6 is 31.9 Å². The Morgan fingerprint density at radius 3 is 2.67 bits per heavy atom. The molecule has 6 heteroatoms. The summed E-state index contributed by atoms with van der Waals surface area (Å²) in [5.41, 5.74) is 0.770. The Kier molecular flexibility index (Phi) is 6.08. The number of nitro groups is 1. The molecule has 0 heterocycles. The van der Waals surface area contributed by atoms with Crippen molar-refractivity contribution in [2.45, 2.75) is 20.3 Å². The molecule has 1 rings (SSSR count). The summed E-state index contributed by atoms with van der Waals surface area (Å²) in [4.78, 5) is 10.6. The van der Waals surface area contributed by atoms with Crippen molar-refractivity contribution in [3.8, 4) is 5.75 Å².